The van der Waals surface area contributed by atoms with Crippen LogP contribution in [0.15, 0.2) is 67.3 Å². The average Bonchev–Trinajstić information content (AvgIpc) is 3.16. The van der Waals surface area contributed by atoms with Gasteiger partial charge in [0.1, 0.15) is 5.75 Å². The maximum absolute atomic E-state index is 10.5. The summed E-state index contributed by atoms with van der Waals surface area (Å²) in [5.74, 6) is -0.422. The number of benzene rings is 2. The highest BCUT2D eigenvalue weighted by Crippen LogP contribution is 2.14. The predicted molar refractivity (Wildman–Crippen MR) is 93.7 cm³/mol. The van der Waals surface area contributed by atoms with Crippen molar-refractivity contribution < 1.29 is 14.6 Å². The van der Waals surface area contributed by atoms with Crippen LogP contribution < -0.4 is 10.1 Å². The number of carboxylic acid groups (broad SMARTS) is 1. The van der Waals surface area contributed by atoms with E-state index in [4.69, 9.17) is 9.84 Å². The van der Waals surface area contributed by atoms with Crippen LogP contribution in [0.2, 0.25) is 0 Å². The molecule has 0 spiro atoms. The van der Waals surface area contributed by atoms with Gasteiger partial charge in [-0.05, 0) is 35.4 Å². The minimum atomic E-state index is -0.984. The molecule has 0 unspecified atom stereocenters. The Bertz CT molecular complexity index is 814. The first-order valence-electron chi connectivity index (χ1n) is 7.92. The summed E-state index contributed by atoms with van der Waals surface area (Å²) < 4.78 is 7.14. The van der Waals surface area contributed by atoms with Crippen molar-refractivity contribution in [3.05, 3.63) is 78.4 Å². The minimum Gasteiger partial charge on any atom is -0.482 e. The molecule has 0 atom stereocenters. The third-order valence-electron chi connectivity index (χ3n) is 3.66. The SMILES string of the molecule is O=C(O)COc1cccc(CNCc2ccc(-n3ccnc3)cc2)c1. The van der Waals surface area contributed by atoms with Gasteiger partial charge in [-0.15, -0.1) is 0 Å². The molecule has 0 bridgehead atoms. The van der Waals surface area contributed by atoms with E-state index in [0.29, 0.717) is 12.3 Å². The number of aliphatic carboxylic acids is 1. The largest absolute Gasteiger partial charge is 0.482 e. The minimum absolute atomic E-state index is 0.333. The molecule has 0 aliphatic rings. The van der Waals surface area contributed by atoms with E-state index in [1.165, 1.54) is 5.56 Å². The second kappa shape index (κ2) is 8.12. The summed E-state index contributed by atoms with van der Waals surface area (Å²) in [4.78, 5) is 14.6. The second-order valence-corrected chi connectivity index (χ2v) is 5.57. The first kappa shape index (κ1) is 16.7. The number of rotatable bonds is 8. The van der Waals surface area contributed by atoms with Crippen molar-refractivity contribution in [1.82, 2.24) is 14.9 Å². The second-order valence-electron chi connectivity index (χ2n) is 5.57. The Morgan fingerprint density at radius 3 is 2.64 bits per heavy atom. The molecule has 0 amide bonds. The van der Waals surface area contributed by atoms with Crippen LogP contribution in [0.25, 0.3) is 5.69 Å². The summed E-state index contributed by atoms with van der Waals surface area (Å²) in [5, 5.41) is 12.0. The van der Waals surface area contributed by atoms with Crippen molar-refractivity contribution in [1.29, 1.82) is 0 Å². The van der Waals surface area contributed by atoms with Gasteiger partial charge in [0.15, 0.2) is 6.61 Å². The number of aromatic nitrogens is 2. The highest BCUT2D eigenvalue weighted by atomic mass is 16.5. The molecule has 3 rings (SSSR count). The van der Waals surface area contributed by atoms with Crippen molar-refractivity contribution in [3.63, 3.8) is 0 Å². The third kappa shape index (κ3) is 4.92. The first-order chi connectivity index (χ1) is 12.2. The lowest BCUT2D eigenvalue weighted by Crippen LogP contribution is -2.13. The van der Waals surface area contributed by atoms with Gasteiger partial charge in [0, 0.05) is 31.2 Å². The Balaban J connectivity index is 1.51. The molecule has 25 heavy (non-hydrogen) atoms. The first-order valence-corrected chi connectivity index (χ1v) is 7.92. The molecule has 1 aromatic heterocycles. The summed E-state index contributed by atoms with van der Waals surface area (Å²) in [6.07, 6.45) is 5.43. The molecule has 1 heterocycles. The van der Waals surface area contributed by atoms with Crippen molar-refractivity contribution in [3.8, 4) is 11.4 Å². The van der Waals surface area contributed by atoms with E-state index < -0.39 is 5.97 Å². The van der Waals surface area contributed by atoms with Crippen LogP contribution in [0.1, 0.15) is 11.1 Å². The number of ether oxygens (including phenoxy) is 1. The van der Waals surface area contributed by atoms with Crippen molar-refractivity contribution in [2.75, 3.05) is 6.61 Å². The number of nitrogens with zero attached hydrogens (tertiary/aromatic N) is 2. The van der Waals surface area contributed by atoms with E-state index in [-0.39, 0.29) is 6.61 Å². The molecule has 6 nitrogen and oxygen atoms in total. The maximum atomic E-state index is 10.5. The summed E-state index contributed by atoms with van der Waals surface area (Å²) in [6.45, 7) is 1.08. The molecule has 0 fully saturated rings. The summed E-state index contributed by atoms with van der Waals surface area (Å²) in [5.41, 5.74) is 3.30. The van der Waals surface area contributed by atoms with Crippen molar-refractivity contribution >= 4 is 5.97 Å². The summed E-state index contributed by atoms with van der Waals surface area (Å²) in [7, 11) is 0. The van der Waals surface area contributed by atoms with Crippen LogP contribution in [0.4, 0.5) is 0 Å². The Kier molecular flexibility index (Phi) is 5.43. The number of hydrogen-bond donors (Lipinski definition) is 2. The van der Waals surface area contributed by atoms with E-state index >= 15 is 0 Å². The molecule has 0 aliphatic carbocycles. The smallest absolute Gasteiger partial charge is 0.341 e. The van der Waals surface area contributed by atoms with Crippen LogP contribution in [0.5, 0.6) is 5.75 Å². The van der Waals surface area contributed by atoms with Gasteiger partial charge in [-0.25, -0.2) is 9.78 Å². The lowest BCUT2D eigenvalue weighted by atomic mass is 10.2. The predicted octanol–water partition coefficient (Wildman–Crippen LogP) is 2.63. The number of hydrogen-bond acceptors (Lipinski definition) is 4. The van der Waals surface area contributed by atoms with Crippen LogP contribution in [0, 0.1) is 0 Å². The van der Waals surface area contributed by atoms with Gasteiger partial charge in [0.25, 0.3) is 0 Å². The molecule has 0 radical (unpaired) electrons. The fraction of sp³-hybridized carbons (Fsp3) is 0.158. The Hall–Kier alpha value is -3.12. The Labute approximate surface area is 145 Å². The van der Waals surface area contributed by atoms with Gasteiger partial charge >= 0.3 is 5.97 Å². The molecular formula is C19H19N3O3. The maximum Gasteiger partial charge on any atom is 0.341 e. The van der Waals surface area contributed by atoms with Gasteiger partial charge in [-0.3, -0.25) is 0 Å². The van der Waals surface area contributed by atoms with E-state index in [9.17, 15) is 4.79 Å². The number of carboxylic acids is 1. The van der Waals surface area contributed by atoms with Crippen LogP contribution in [-0.2, 0) is 17.9 Å². The van der Waals surface area contributed by atoms with Crippen molar-refractivity contribution in [2.45, 2.75) is 13.1 Å². The lowest BCUT2D eigenvalue weighted by molar-refractivity contribution is -0.139. The molecule has 6 heteroatoms. The molecule has 3 aromatic rings. The Morgan fingerprint density at radius 1 is 1.12 bits per heavy atom. The molecule has 0 saturated heterocycles. The summed E-state index contributed by atoms with van der Waals surface area (Å²) in [6, 6.07) is 15.7. The van der Waals surface area contributed by atoms with E-state index in [1.807, 2.05) is 29.0 Å². The molecule has 128 valence electrons. The zero-order chi connectivity index (χ0) is 17.5. The molecular weight excluding hydrogens is 318 g/mol. The van der Waals surface area contributed by atoms with Gasteiger partial charge in [0.05, 0.1) is 6.33 Å². The standard InChI is InChI=1S/C19H19N3O3/c23-19(24)13-25-18-3-1-2-16(10-18)12-21-11-15-4-6-17(7-5-15)22-9-8-20-14-22/h1-10,14,21H,11-13H2,(H,23,24). The van der Waals surface area contributed by atoms with Gasteiger partial charge in [0.2, 0.25) is 0 Å². The van der Waals surface area contributed by atoms with Gasteiger partial charge < -0.3 is 19.7 Å². The number of carbonyl (C=O) groups is 1. The number of nitrogens with one attached hydrogen (secondary N) is 1. The topological polar surface area (TPSA) is 76.4 Å². The third-order valence-corrected chi connectivity index (χ3v) is 3.66. The van der Waals surface area contributed by atoms with Gasteiger partial charge in [-0.1, -0.05) is 24.3 Å². The molecule has 2 N–H and O–H groups in total. The highest BCUT2D eigenvalue weighted by Gasteiger charge is 2.01. The molecule has 2 aromatic carbocycles. The highest BCUT2D eigenvalue weighted by molar-refractivity contribution is 5.68. The van der Waals surface area contributed by atoms with Crippen LogP contribution >= 0.6 is 0 Å². The van der Waals surface area contributed by atoms with Crippen molar-refractivity contribution in [2.24, 2.45) is 0 Å². The normalized spacial score (nSPS) is 10.6. The summed E-state index contributed by atoms with van der Waals surface area (Å²) >= 11 is 0. The van der Waals surface area contributed by atoms with E-state index in [0.717, 1.165) is 17.8 Å². The average molecular weight is 337 g/mol. The molecule has 0 saturated carbocycles. The zero-order valence-electron chi connectivity index (χ0n) is 13.6. The monoisotopic (exact) mass is 337 g/mol. The fourth-order valence-electron chi connectivity index (χ4n) is 2.44. The lowest BCUT2D eigenvalue weighted by Gasteiger charge is -2.09. The molecule has 0 aliphatic heterocycles. The van der Waals surface area contributed by atoms with E-state index in [1.54, 1.807) is 18.6 Å². The fourth-order valence-corrected chi connectivity index (χ4v) is 2.44. The zero-order valence-corrected chi connectivity index (χ0v) is 13.6. The Morgan fingerprint density at radius 2 is 1.92 bits per heavy atom. The van der Waals surface area contributed by atoms with Gasteiger partial charge in [-0.2, -0.15) is 0 Å². The van der Waals surface area contributed by atoms with E-state index in [2.05, 4.69) is 34.6 Å². The van der Waals surface area contributed by atoms with Crippen LogP contribution in [0.3, 0.4) is 0 Å². The quantitative estimate of drug-likeness (QED) is 0.661. The number of imidazole rings is 1. The van der Waals surface area contributed by atoms with Crippen LogP contribution in [-0.4, -0.2) is 27.2 Å².